The van der Waals surface area contributed by atoms with Gasteiger partial charge in [-0.1, -0.05) is 23.4 Å². The van der Waals surface area contributed by atoms with Crippen molar-refractivity contribution in [1.82, 2.24) is 4.98 Å². The van der Waals surface area contributed by atoms with Crippen molar-refractivity contribution in [1.29, 1.82) is 0 Å². The number of pyridine rings is 1. The molecule has 112 valence electrons. The number of aryl methyl sites for hydroxylation is 3. The Balaban J connectivity index is 2.36. The molecule has 0 radical (unpaired) electrons. The number of carbonyl (C=O) groups is 1. The summed E-state index contributed by atoms with van der Waals surface area (Å²) in [6.45, 7) is 10.3. The number of nitrogens with zero attached hydrogens (tertiary/aromatic N) is 1. The molecular formula is C17H21NO2S. The molecule has 0 aliphatic heterocycles. The maximum Gasteiger partial charge on any atom is 0.319 e. The molecule has 0 bridgehead atoms. The van der Waals surface area contributed by atoms with Crippen molar-refractivity contribution in [2.75, 3.05) is 6.61 Å². The van der Waals surface area contributed by atoms with Gasteiger partial charge in [0.2, 0.25) is 0 Å². The normalized spacial score (nSPS) is 12.4. The van der Waals surface area contributed by atoms with Gasteiger partial charge in [-0.15, -0.1) is 0 Å². The number of carbonyl (C=O) groups excluding carboxylic acids is 1. The lowest BCUT2D eigenvalue weighted by Crippen LogP contribution is -2.16. The maximum absolute atomic E-state index is 11.7. The van der Waals surface area contributed by atoms with Gasteiger partial charge in [0.05, 0.1) is 17.1 Å². The van der Waals surface area contributed by atoms with E-state index in [1.807, 2.05) is 19.9 Å². The number of ether oxygens (including phenoxy) is 1. The number of aromatic nitrogens is 1. The van der Waals surface area contributed by atoms with Crippen molar-refractivity contribution in [2.24, 2.45) is 0 Å². The Kier molecular flexibility index (Phi) is 4.88. The molecule has 4 heteroatoms. The lowest BCUT2D eigenvalue weighted by molar-refractivity contribution is -0.142. The van der Waals surface area contributed by atoms with Crippen molar-refractivity contribution in [3.05, 3.63) is 34.9 Å². The minimum atomic E-state index is -0.250. The molecule has 1 atom stereocenters. The number of rotatable bonds is 4. The summed E-state index contributed by atoms with van der Waals surface area (Å²) >= 11 is 1.45. The fourth-order valence-electron chi connectivity index (χ4n) is 2.36. The van der Waals surface area contributed by atoms with E-state index in [2.05, 4.69) is 32.9 Å². The summed E-state index contributed by atoms with van der Waals surface area (Å²) in [4.78, 5) is 16.5. The molecule has 1 aromatic heterocycles. The van der Waals surface area contributed by atoms with Crippen LogP contribution in [0, 0.1) is 20.8 Å². The molecule has 0 N–H and O–H groups in total. The summed E-state index contributed by atoms with van der Waals surface area (Å²) in [5.74, 6) is -0.192. The van der Waals surface area contributed by atoms with Gasteiger partial charge in [0, 0.05) is 5.39 Å². The molecule has 1 aromatic carbocycles. The Hall–Kier alpha value is -1.55. The van der Waals surface area contributed by atoms with Gasteiger partial charge in [0.15, 0.2) is 0 Å². The van der Waals surface area contributed by atoms with Crippen LogP contribution >= 0.6 is 11.8 Å². The third-order valence-electron chi connectivity index (χ3n) is 3.35. The lowest BCUT2D eigenvalue weighted by Gasteiger charge is -2.12. The number of fused-ring (bicyclic) bond motifs is 1. The quantitative estimate of drug-likeness (QED) is 0.627. The van der Waals surface area contributed by atoms with E-state index >= 15 is 0 Å². The topological polar surface area (TPSA) is 39.2 Å². The molecule has 0 saturated carbocycles. The fraction of sp³-hybridized carbons (Fsp3) is 0.412. The summed E-state index contributed by atoms with van der Waals surface area (Å²) in [7, 11) is 0. The van der Waals surface area contributed by atoms with Crippen LogP contribution in [0.5, 0.6) is 0 Å². The van der Waals surface area contributed by atoms with Crippen molar-refractivity contribution >= 4 is 28.6 Å². The predicted octanol–water partition coefficient (Wildman–Crippen LogP) is 4.20. The second kappa shape index (κ2) is 6.48. The predicted molar refractivity (Wildman–Crippen MR) is 87.9 cm³/mol. The number of thioether (sulfide) groups is 1. The third-order valence-corrected chi connectivity index (χ3v) is 4.34. The average Bonchev–Trinajstić information content (AvgIpc) is 2.40. The van der Waals surface area contributed by atoms with Crippen LogP contribution in [-0.2, 0) is 9.53 Å². The Morgan fingerprint density at radius 3 is 2.62 bits per heavy atom. The molecule has 0 aliphatic rings. The summed E-state index contributed by atoms with van der Waals surface area (Å²) in [5, 5.41) is 1.80. The van der Waals surface area contributed by atoms with Crippen LogP contribution in [0.25, 0.3) is 10.9 Å². The van der Waals surface area contributed by atoms with E-state index in [4.69, 9.17) is 9.72 Å². The zero-order valence-electron chi connectivity index (χ0n) is 13.2. The van der Waals surface area contributed by atoms with Crippen LogP contribution in [0.4, 0.5) is 0 Å². The Morgan fingerprint density at radius 1 is 1.24 bits per heavy atom. The highest BCUT2D eigenvalue weighted by atomic mass is 32.2. The zero-order chi connectivity index (χ0) is 15.6. The first-order valence-electron chi connectivity index (χ1n) is 7.14. The summed E-state index contributed by atoms with van der Waals surface area (Å²) in [5.41, 5.74) is 4.61. The van der Waals surface area contributed by atoms with Gasteiger partial charge < -0.3 is 4.74 Å². The smallest absolute Gasteiger partial charge is 0.319 e. The van der Waals surface area contributed by atoms with Crippen LogP contribution in [0.15, 0.2) is 23.2 Å². The van der Waals surface area contributed by atoms with E-state index in [0.717, 1.165) is 10.5 Å². The van der Waals surface area contributed by atoms with E-state index in [-0.39, 0.29) is 11.2 Å². The number of hydrogen-bond donors (Lipinski definition) is 0. The average molecular weight is 303 g/mol. The number of hydrogen-bond acceptors (Lipinski definition) is 4. The highest BCUT2D eigenvalue weighted by Crippen LogP contribution is 2.29. The molecule has 0 aliphatic carbocycles. The molecule has 2 rings (SSSR count). The van der Waals surface area contributed by atoms with Gasteiger partial charge in [-0.3, -0.25) is 4.79 Å². The molecule has 2 aromatic rings. The first-order chi connectivity index (χ1) is 9.92. The lowest BCUT2D eigenvalue weighted by atomic mass is 10.0. The molecule has 1 unspecified atom stereocenters. The van der Waals surface area contributed by atoms with Gasteiger partial charge in [-0.25, -0.2) is 4.98 Å². The monoisotopic (exact) mass is 303 g/mol. The van der Waals surface area contributed by atoms with Gasteiger partial charge in [-0.05, 0) is 57.9 Å². The van der Waals surface area contributed by atoms with Crippen LogP contribution in [0.1, 0.15) is 30.5 Å². The minimum Gasteiger partial charge on any atom is -0.465 e. The first-order valence-corrected chi connectivity index (χ1v) is 8.02. The number of esters is 1. The van der Waals surface area contributed by atoms with Gasteiger partial charge >= 0.3 is 5.97 Å². The molecule has 0 amide bonds. The summed E-state index contributed by atoms with van der Waals surface area (Å²) in [6, 6.07) is 6.34. The van der Waals surface area contributed by atoms with Gasteiger partial charge in [0.25, 0.3) is 0 Å². The molecule has 1 heterocycles. The fourth-order valence-corrected chi connectivity index (χ4v) is 3.28. The maximum atomic E-state index is 11.7. The second-order valence-electron chi connectivity index (χ2n) is 5.27. The molecular weight excluding hydrogens is 282 g/mol. The Labute approximate surface area is 130 Å². The first kappa shape index (κ1) is 15.8. The largest absolute Gasteiger partial charge is 0.465 e. The molecule has 0 saturated heterocycles. The standard InChI is InChI=1S/C17H21NO2S/c1-6-20-17(19)13(5)21-15-9-11(3)14-8-10(2)7-12(4)16(14)18-15/h7-9,13H,6H2,1-5H3. The third kappa shape index (κ3) is 3.56. The van der Waals surface area contributed by atoms with E-state index in [0.29, 0.717) is 6.61 Å². The molecule has 21 heavy (non-hydrogen) atoms. The van der Waals surface area contributed by atoms with Gasteiger partial charge in [0.1, 0.15) is 5.25 Å². The minimum absolute atomic E-state index is 0.192. The highest BCUT2D eigenvalue weighted by Gasteiger charge is 2.17. The highest BCUT2D eigenvalue weighted by molar-refractivity contribution is 8.00. The van der Waals surface area contributed by atoms with Crippen LogP contribution in [0.3, 0.4) is 0 Å². The van der Waals surface area contributed by atoms with Gasteiger partial charge in [-0.2, -0.15) is 0 Å². The van der Waals surface area contributed by atoms with Crippen molar-refractivity contribution in [2.45, 2.75) is 44.9 Å². The van der Waals surface area contributed by atoms with Crippen LogP contribution in [-0.4, -0.2) is 22.8 Å². The van der Waals surface area contributed by atoms with Crippen molar-refractivity contribution in [3.8, 4) is 0 Å². The number of benzene rings is 1. The van der Waals surface area contributed by atoms with Crippen molar-refractivity contribution in [3.63, 3.8) is 0 Å². The Morgan fingerprint density at radius 2 is 1.95 bits per heavy atom. The van der Waals surface area contributed by atoms with Crippen molar-refractivity contribution < 1.29 is 9.53 Å². The van der Waals surface area contributed by atoms with Crippen LogP contribution in [0.2, 0.25) is 0 Å². The Bertz CT molecular complexity index is 682. The van der Waals surface area contributed by atoms with E-state index in [1.54, 1.807) is 0 Å². The summed E-state index contributed by atoms with van der Waals surface area (Å²) in [6.07, 6.45) is 0. The zero-order valence-corrected chi connectivity index (χ0v) is 14.0. The van der Waals surface area contributed by atoms with E-state index in [1.165, 1.54) is 33.8 Å². The molecule has 0 fully saturated rings. The second-order valence-corrected chi connectivity index (χ2v) is 6.63. The molecule has 3 nitrogen and oxygen atoms in total. The summed E-state index contributed by atoms with van der Waals surface area (Å²) < 4.78 is 5.05. The van der Waals surface area contributed by atoms with E-state index < -0.39 is 0 Å². The van der Waals surface area contributed by atoms with E-state index in [9.17, 15) is 4.79 Å². The SMILES string of the molecule is CCOC(=O)C(C)Sc1cc(C)c2cc(C)cc(C)c2n1. The van der Waals surface area contributed by atoms with Crippen LogP contribution < -0.4 is 0 Å². The molecule has 0 spiro atoms.